The van der Waals surface area contributed by atoms with Gasteiger partial charge in [-0.15, -0.1) is 0 Å². The standard InChI is InChI=1S/C17H16ClN3/c18-14-4-1-5-15(10-14)21-17(11-19)13-6-7-16-12(9-13)3-2-8-20-16/h1-10,17,21H,11,19H2. The number of fused-ring (bicyclic) bond motifs is 1. The molecule has 2 aromatic carbocycles. The molecule has 0 saturated heterocycles. The fourth-order valence-electron chi connectivity index (χ4n) is 2.37. The SMILES string of the molecule is NCC(Nc1cccc(Cl)c1)c1ccc2ncccc2c1. The third-order valence-electron chi connectivity index (χ3n) is 3.43. The van der Waals surface area contributed by atoms with Crippen molar-refractivity contribution >= 4 is 28.2 Å². The molecule has 3 nitrogen and oxygen atoms in total. The number of hydrogen-bond donors (Lipinski definition) is 2. The Hall–Kier alpha value is -2.10. The van der Waals surface area contributed by atoms with Crippen molar-refractivity contribution in [2.75, 3.05) is 11.9 Å². The largest absolute Gasteiger partial charge is 0.377 e. The van der Waals surface area contributed by atoms with Gasteiger partial charge in [0.25, 0.3) is 0 Å². The average Bonchev–Trinajstić information content (AvgIpc) is 2.52. The molecule has 1 aromatic heterocycles. The molecule has 0 saturated carbocycles. The van der Waals surface area contributed by atoms with Gasteiger partial charge in [-0.2, -0.15) is 0 Å². The van der Waals surface area contributed by atoms with Gasteiger partial charge in [-0.25, -0.2) is 0 Å². The molecule has 0 fully saturated rings. The first-order valence-electron chi connectivity index (χ1n) is 6.83. The van der Waals surface area contributed by atoms with Crippen molar-refractivity contribution in [3.05, 3.63) is 71.4 Å². The summed E-state index contributed by atoms with van der Waals surface area (Å²) in [5.41, 5.74) is 9.01. The second kappa shape index (κ2) is 6.12. The lowest BCUT2D eigenvalue weighted by Gasteiger charge is -2.19. The van der Waals surface area contributed by atoms with Gasteiger partial charge >= 0.3 is 0 Å². The number of nitrogens with two attached hydrogens (primary N) is 1. The second-order valence-electron chi connectivity index (χ2n) is 4.90. The fourth-order valence-corrected chi connectivity index (χ4v) is 2.56. The van der Waals surface area contributed by atoms with Crippen molar-refractivity contribution in [3.63, 3.8) is 0 Å². The first-order valence-corrected chi connectivity index (χ1v) is 7.21. The van der Waals surface area contributed by atoms with Crippen LogP contribution in [0.2, 0.25) is 5.02 Å². The van der Waals surface area contributed by atoms with Gasteiger partial charge in [0.2, 0.25) is 0 Å². The van der Waals surface area contributed by atoms with Crippen molar-refractivity contribution in [1.82, 2.24) is 4.98 Å². The molecule has 106 valence electrons. The number of aromatic nitrogens is 1. The third kappa shape index (κ3) is 3.15. The number of pyridine rings is 1. The van der Waals surface area contributed by atoms with E-state index in [-0.39, 0.29) is 6.04 Å². The molecule has 3 rings (SSSR count). The van der Waals surface area contributed by atoms with Gasteiger partial charge < -0.3 is 11.1 Å². The predicted molar refractivity (Wildman–Crippen MR) is 88.6 cm³/mol. The van der Waals surface area contributed by atoms with Gasteiger partial charge in [0.05, 0.1) is 11.6 Å². The minimum absolute atomic E-state index is 0.0353. The molecule has 0 bridgehead atoms. The van der Waals surface area contributed by atoms with E-state index >= 15 is 0 Å². The monoisotopic (exact) mass is 297 g/mol. The van der Waals surface area contributed by atoms with Crippen LogP contribution in [0.1, 0.15) is 11.6 Å². The lowest BCUT2D eigenvalue weighted by molar-refractivity contribution is 0.791. The maximum atomic E-state index is 6.02. The van der Waals surface area contributed by atoms with Crippen LogP contribution in [0.5, 0.6) is 0 Å². The summed E-state index contributed by atoms with van der Waals surface area (Å²) < 4.78 is 0. The van der Waals surface area contributed by atoms with Crippen LogP contribution >= 0.6 is 11.6 Å². The Bertz CT molecular complexity index is 758. The zero-order valence-electron chi connectivity index (χ0n) is 11.5. The van der Waals surface area contributed by atoms with Crippen LogP contribution < -0.4 is 11.1 Å². The average molecular weight is 298 g/mol. The zero-order valence-corrected chi connectivity index (χ0v) is 12.2. The molecule has 0 amide bonds. The molecule has 1 atom stereocenters. The molecule has 0 radical (unpaired) electrons. The lowest BCUT2D eigenvalue weighted by Crippen LogP contribution is -2.20. The molecule has 21 heavy (non-hydrogen) atoms. The van der Waals surface area contributed by atoms with Crippen LogP contribution in [0.3, 0.4) is 0 Å². The first kappa shape index (κ1) is 13.9. The summed E-state index contributed by atoms with van der Waals surface area (Å²) in [5.74, 6) is 0. The highest BCUT2D eigenvalue weighted by Crippen LogP contribution is 2.23. The Balaban J connectivity index is 1.90. The number of benzene rings is 2. The van der Waals surface area contributed by atoms with Gasteiger partial charge in [0, 0.05) is 28.8 Å². The Morgan fingerprint density at radius 1 is 1.10 bits per heavy atom. The zero-order chi connectivity index (χ0) is 14.7. The summed E-state index contributed by atoms with van der Waals surface area (Å²) in [6, 6.07) is 17.9. The van der Waals surface area contributed by atoms with Crippen LogP contribution in [0, 0.1) is 0 Å². The van der Waals surface area contributed by atoms with Gasteiger partial charge in [0.1, 0.15) is 0 Å². The minimum atomic E-state index is 0.0353. The summed E-state index contributed by atoms with van der Waals surface area (Å²) >= 11 is 6.02. The third-order valence-corrected chi connectivity index (χ3v) is 3.67. The molecule has 4 heteroatoms. The topological polar surface area (TPSA) is 50.9 Å². The normalized spacial score (nSPS) is 12.3. The number of rotatable bonds is 4. The Morgan fingerprint density at radius 2 is 2.00 bits per heavy atom. The van der Waals surface area contributed by atoms with Gasteiger partial charge in [0.15, 0.2) is 0 Å². The van der Waals surface area contributed by atoms with E-state index in [1.807, 2.05) is 36.4 Å². The van der Waals surface area contributed by atoms with Crippen molar-refractivity contribution < 1.29 is 0 Å². The van der Waals surface area contributed by atoms with Gasteiger partial charge in [-0.3, -0.25) is 4.98 Å². The molecule has 0 aliphatic heterocycles. The van der Waals surface area contributed by atoms with Crippen LogP contribution in [0.4, 0.5) is 5.69 Å². The van der Waals surface area contributed by atoms with E-state index in [0.29, 0.717) is 11.6 Å². The summed E-state index contributed by atoms with van der Waals surface area (Å²) in [4.78, 5) is 4.33. The highest BCUT2D eigenvalue weighted by atomic mass is 35.5. The van der Waals surface area contributed by atoms with Crippen LogP contribution in [0.15, 0.2) is 60.8 Å². The fraction of sp³-hybridized carbons (Fsp3) is 0.118. The van der Waals surface area contributed by atoms with E-state index in [2.05, 4.69) is 28.5 Å². The second-order valence-corrected chi connectivity index (χ2v) is 5.33. The van der Waals surface area contributed by atoms with Crippen molar-refractivity contribution in [3.8, 4) is 0 Å². The van der Waals surface area contributed by atoms with Crippen LogP contribution in [0.25, 0.3) is 10.9 Å². The highest BCUT2D eigenvalue weighted by Gasteiger charge is 2.10. The first-order chi connectivity index (χ1) is 10.3. The maximum Gasteiger partial charge on any atom is 0.0702 e. The molecule has 1 heterocycles. The van der Waals surface area contributed by atoms with Gasteiger partial charge in [-0.05, 0) is 42.0 Å². The smallest absolute Gasteiger partial charge is 0.0702 e. The number of anilines is 1. The summed E-state index contributed by atoms with van der Waals surface area (Å²) in [6.45, 7) is 0.498. The predicted octanol–water partition coefficient (Wildman–Crippen LogP) is 4.00. The van der Waals surface area contributed by atoms with E-state index in [0.717, 1.165) is 22.2 Å². The molecular formula is C17H16ClN3. The Kier molecular flexibility index (Phi) is 4.04. The molecule has 0 spiro atoms. The molecule has 3 N–H and O–H groups in total. The number of hydrogen-bond acceptors (Lipinski definition) is 3. The minimum Gasteiger partial charge on any atom is -0.377 e. The maximum absolute atomic E-state index is 6.02. The number of nitrogens with one attached hydrogen (secondary N) is 1. The Labute approximate surface area is 128 Å². The van der Waals surface area contributed by atoms with E-state index in [1.165, 1.54) is 0 Å². The Morgan fingerprint density at radius 3 is 2.81 bits per heavy atom. The summed E-state index contributed by atoms with van der Waals surface area (Å²) in [7, 11) is 0. The quantitative estimate of drug-likeness (QED) is 0.765. The summed E-state index contributed by atoms with van der Waals surface area (Å²) in [6.07, 6.45) is 1.80. The van der Waals surface area contributed by atoms with E-state index < -0.39 is 0 Å². The van der Waals surface area contributed by atoms with E-state index in [4.69, 9.17) is 17.3 Å². The summed E-state index contributed by atoms with van der Waals surface area (Å²) in [5, 5.41) is 5.24. The van der Waals surface area contributed by atoms with Crippen LogP contribution in [-0.2, 0) is 0 Å². The molecule has 0 aliphatic carbocycles. The van der Waals surface area contributed by atoms with Crippen molar-refractivity contribution in [2.45, 2.75) is 6.04 Å². The van der Waals surface area contributed by atoms with Crippen molar-refractivity contribution in [2.24, 2.45) is 5.73 Å². The molecule has 1 unspecified atom stereocenters. The van der Waals surface area contributed by atoms with Crippen LogP contribution in [-0.4, -0.2) is 11.5 Å². The van der Waals surface area contributed by atoms with E-state index in [9.17, 15) is 0 Å². The highest BCUT2D eigenvalue weighted by molar-refractivity contribution is 6.30. The number of nitrogens with zero attached hydrogens (tertiary/aromatic N) is 1. The molecule has 0 aliphatic rings. The van der Waals surface area contributed by atoms with E-state index in [1.54, 1.807) is 6.20 Å². The molecular weight excluding hydrogens is 282 g/mol. The number of halogens is 1. The van der Waals surface area contributed by atoms with Gasteiger partial charge in [-0.1, -0.05) is 29.8 Å². The molecule has 3 aromatic rings. The lowest BCUT2D eigenvalue weighted by atomic mass is 10.0. The van der Waals surface area contributed by atoms with Crippen molar-refractivity contribution in [1.29, 1.82) is 0 Å².